The molecule has 0 bridgehead atoms. The van der Waals surface area contributed by atoms with Gasteiger partial charge in [-0.05, 0) is 42.8 Å². The normalized spacial score (nSPS) is 10.5. The lowest BCUT2D eigenvalue weighted by Crippen LogP contribution is -2.37. The van der Waals surface area contributed by atoms with Gasteiger partial charge in [-0.3, -0.25) is 4.79 Å². The van der Waals surface area contributed by atoms with Crippen LogP contribution >= 0.6 is 11.3 Å². The fraction of sp³-hybridized carbons (Fsp3) is 0.273. The minimum Gasteiger partial charge on any atom is -0.497 e. The number of hydrogen-bond acceptors (Lipinski definition) is 6. The molecule has 3 aromatic rings. The second-order valence-corrected chi connectivity index (χ2v) is 7.81. The number of amides is 3. The summed E-state index contributed by atoms with van der Waals surface area (Å²) in [5.41, 5.74) is 0.964. The summed E-state index contributed by atoms with van der Waals surface area (Å²) in [7, 11) is 1.60. The number of benzene rings is 2. The average Bonchev–Trinajstić information content (AvgIpc) is 3.26. The van der Waals surface area contributed by atoms with Crippen molar-refractivity contribution < 1.29 is 18.7 Å². The maximum atomic E-state index is 13.8. The van der Waals surface area contributed by atoms with Crippen molar-refractivity contribution in [3.63, 3.8) is 0 Å². The van der Waals surface area contributed by atoms with Crippen molar-refractivity contribution in [1.82, 2.24) is 15.1 Å². The molecule has 8 nitrogen and oxygen atoms in total. The second kappa shape index (κ2) is 11.2. The molecule has 0 spiro atoms. The Morgan fingerprint density at radius 2 is 1.81 bits per heavy atom. The number of aromatic nitrogens is 2. The lowest BCUT2D eigenvalue weighted by molar-refractivity contribution is -0.116. The first-order valence-corrected chi connectivity index (χ1v) is 10.9. The van der Waals surface area contributed by atoms with E-state index in [1.165, 1.54) is 28.4 Å². The van der Waals surface area contributed by atoms with Gasteiger partial charge in [0, 0.05) is 25.1 Å². The predicted octanol–water partition coefficient (Wildman–Crippen LogP) is 4.63. The largest absolute Gasteiger partial charge is 0.497 e. The van der Waals surface area contributed by atoms with Gasteiger partial charge in [-0.1, -0.05) is 30.4 Å². The zero-order valence-electron chi connectivity index (χ0n) is 17.8. The Morgan fingerprint density at radius 1 is 1.06 bits per heavy atom. The van der Waals surface area contributed by atoms with E-state index in [-0.39, 0.29) is 24.6 Å². The van der Waals surface area contributed by atoms with Crippen LogP contribution in [-0.4, -0.2) is 47.2 Å². The molecule has 1 aromatic heterocycles. The van der Waals surface area contributed by atoms with Crippen molar-refractivity contribution in [2.45, 2.75) is 19.8 Å². The predicted molar refractivity (Wildman–Crippen MR) is 122 cm³/mol. The highest BCUT2D eigenvalue weighted by Gasteiger charge is 2.17. The molecule has 3 amide bonds. The van der Waals surface area contributed by atoms with Crippen LogP contribution in [0.2, 0.25) is 0 Å². The number of methoxy groups -OCH3 is 1. The smallest absolute Gasteiger partial charge is 0.321 e. The highest BCUT2D eigenvalue weighted by molar-refractivity contribution is 7.18. The van der Waals surface area contributed by atoms with Gasteiger partial charge in [0.25, 0.3) is 0 Å². The number of hydrogen-bond donors (Lipinski definition) is 2. The summed E-state index contributed by atoms with van der Waals surface area (Å²) in [5.74, 6) is -0.0661. The van der Waals surface area contributed by atoms with Crippen molar-refractivity contribution in [3.8, 4) is 16.3 Å². The van der Waals surface area contributed by atoms with E-state index in [1.54, 1.807) is 19.2 Å². The first-order chi connectivity index (χ1) is 15.5. The van der Waals surface area contributed by atoms with Gasteiger partial charge < -0.3 is 20.3 Å². The number of rotatable bonds is 9. The standard InChI is InChI=1S/C22H24FN5O3S/c1-3-13-28(22(30)24-18-7-5-4-6-17(18)23)14-12-19(29)25-21-27-26-20(32-21)15-8-10-16(31-2)11-9-15/h4-11H,3,12-14H2,1-2H3,(H,24,30)(H,25,27,29). The Morgan fingerprint density at radius 3 is 2.50 bits per heavy atom. The van der Waals surface area contributed by atoms with E-state index in [2.05, 4.69) is 20.8 Å². The first kappa shape index (κ1) is 23.1. The highest BCUT2D eigenvalue weighted by atomic mass is 32.1. The molecular formula is C22H24FN5O3S. The molecule has 10 heteroatoms. The molecule has 3 rings (SSSR count). The summed E-state index contributed by atoms with van der Waals surface area (Å²) in [4.78, 5) is 26.4. The van der Waals surface area contributed by atoms with Gasteiger partial charge in [0.2, 0.25) is 11.0 Å². The first-order valence-electron chi connectivity index (χ1n) is 10.1. The summed E-state index contributed by atoms with van der Waals surface area (Å²) in [6.45, 7) is 2.55. The molecule has 168 valence electrons. The number of nitrogens with zero attached hydrogens (tertiary/aromatic N) is 3. The maximum absolute atomic E-state index is 13.8. The van der Waals surface area contributed by atoms with Crippen molar-refractivity contribution in [3.05, 3.63) is 54.3 Å². The van der Waals surface area contributed by atoms with E-state index in [9.17, 15) is 14.0 Å². The Balaban J connectivity index is 1.54. The molecule has 0 saturated heterocycles. The molecule has 1 heterocycles. The molecule has 32 heavy (non-hydrogen) atoms. The van der Waals surface area contributed by atoms with Crippen LogP contribution in [0, 0.1) is 5.82 Å². The maximum Gasteiger partial charge on any atom is 0.321 e. The highest BCUT2D eigenvalue weighted by Crippen LogP contribution is 2.27. The number of urea groups is 1. The van der Waals surface area contributed by atoms with Crippen LogP contribution in [0.4, 0.5) is 20.0 Å². The number of carbonyl (C=O) groups is 2. The van der Waals surface area contributed by atoms with Gasteiger partial charge in [-0.2, -0.15) is 0 Å². The Labute approximate surface area is 189 Å². The van der Waals surface area contributed by atoms with Crippen molar-refractivity contribution >= 4 is 34.1 Å². The summed E-state index contributed by atoms with van der Waals surface area (Å²) in [6.07, 6.45) is 0.774. The van der Waals surface area contributed by atoms with Gasteiger partial charge in [-0.15, -0.1) is 10.2 Å². The number of anilines is 2. The molecular weight excluding hydrogens is 433 g/mol. The van der Waals surface area contributed by atoms with Crippen LogP contribution in [0.5, 0.6) is 5.75 Å². The minimum atomic E-state index is -0.515. The van der Waals surface area contributed by atoms with Crippen LogP contribution in [0.1, 0.15) is 19.8 Å². The van der Waals surface area contributed by atoms with Crippen LogP contribution in [0.3, 0.4) is 0 Å². The topological polar surface area (TPSA) is 96.5 Å². The Hall–Kier alpha value is -3.53. The molecule has 0 radical (unpaired) electrons. The number of ether oxygens (including phenoxy) is 1. The van der Waals surface area contributed by atoms with Crippen molar-refractivity contribution in [2.75, 3.05) is 30.8 Å². The Kier molecular flexibility index (Phi) is 8.09. The number of nitrogens with one attached hydrogen (secondary N) is 2. The molecule has 0 fully saturated rings. The number of carbonyl (C=O) groups excluding carboxylic acids is 2. The van der Waals surface area contributed by atoms with Gasteiger partial charge >= 0.3 is 6.03 Å². The van der Waals surface area contributed by atoms with Crippen LogP contribution in [0.25, 0.3) is 10.6 Å². The fourth-order valence-electron chi connectivity index (χ4n) is 2.88. The SMILES string of the molecule is CCCN(CCC(=O)Nc1nnc(-c2ccc(OC)cc2)s1)C(=O)Nc1ccccc1F. The van der Waals surface area contributed by atoms with E-state index in [0.29, 0.717) is 23.1 Å². The van der Waals surface area contributed by atoms with Crippen LogP contribution < -0.4 is 15.4 Å². The molecule has 0 aliphatic heterocycles. The number of para-hydroxylation sites is 1. The van der Waals surface area contributed by atoms with Crippen LogP contribution in [0.15, 0.2) is 48.5 Å². The fourth-order valence-corrected chi connectivity index (χ4v) is 3.65. The van der Waals surface area contributed by atoms with E-state index >= 15 is 0 Å². The molecule has 0 atom stereocenters. The quantitative estimate of drug-likeness (QED) is 0.489. The van der Waals surface area contributed by atoms with E-state index in [0.717, 1.165) is 11.3 Å². The minimum absolute atomic E-state index is 0.0716. The zero-order chi connectivity index (χ0) is 22.9. The third-order valence-corrected chi connectivity index (χ3v) is 5.40. The van der Waals surface area contributed by atoms with E-state index in [1.807, 2.05) is 31.2 Å². The lowest BCUT2D eigenvalue weighted by Gasteiger charge is -2.22. The van der Waals surface area contributed by atoms with Gasteiger partial charge in [0.15, 0.2) is 0 Å². The van der Waals surface area contributed by atoms with E-state index < -0.39 is 11.8 Å². The monoisotopic (exact) mass is 457 g/mol. The second-order valence-electron chi connectivity index (χ2n) is 6.84. The lowest BCUT2D eigenvalue weighted by atomic mass is 10.2. The third kappa shape index (κ3) is 6.24. The molecule has 0 aliphatic carbocycles. The third-order valence-electron chi connectivity index (χ3n) is 4.51. The van der Waals surface area contributed by atoms with Crippen LogP contribution in [-0.2, 0) is 4.79 Å². The average molecular weight is 458 g/mol. The summed E-state index contributed by atoms with van der Waals surface area (Å²) in [5, 5.41) is 14.4. The summed E-state index contributed by atoms with van der Waals surface area (Å²) in [6, 6.07) is 12.9. The van der Waals surface area contributed by atoms with Gasteiger partial charge in [0.05, 0.1) is 12.8 Å². The molecule has 0 unspecified atom stereocenters. The number of halogens is 1. The molecule has 2 aromatic carbocycles. The van der Waals surface area contributed by atoms with Gasteiger partial charge in [0.1, 0.15) is 16.6 Å². The van der Waals surface area contributed by atoms with Crippen molar-refractivity contribution in [1.29, 1.82) is 0 Å². The summed E-state index contributed by atoms with van der Waals surface area (Å²) < 4.78 is 18.9. The molecule has 0 aliphatic rings. The molecule has 2 N–H and O–H groups in total. The zero-order valence-corrected chi connectivity index (χ0v) is 18.6. The van der Waals surface area contributed by atoms with Gasteiger partial charge in [-0.25, -0.2) is 9.18 Å². The molecule has 0 saturated carbocycles. The summed E-state index contributed by atoms with van der Waals surface area (Å²) >= 11 is 1.25. The van der Waals surface area contributed by atoms with E-state index in [4.69, 9.17) is 4.74 Å². The van der Waals surface area contributed by atoms with Crippen molar-refractivity contribution in [2.24, 2.45) is 0 Å². The Bertz CT molecular complexity index is 1060.